The van der Waals surface area contributed by atoms with Gasteiger partial charge in [-0.2, -0.15) is 0 Å². The highest BCUT2D eigenvalue weighted by atomic mass is 28.5. The molecule has 1 amide bonds. The van der Waals surface area contributed by atoms with E-state index in [1.807, 2.05) is 0 Å². The number of hydrogen-bond acceptors (Lipinski definition) is 17. The Kier molecular flexibility index (Phi) is 18.7. The van der Waals surface area contributed by atoms with Crippen molar-refractivity contribution in [1.29, 1.82) is 0 Å². The van der Waals surface area contributed by atoms with Crippen molar-refractivity contribution >= 4 is 57.7 Å². The van der Waals surface area contributed by atoms with Crippen molar-refractivity contribution in [2.75, 3.05) is 26.9 Å². The number of amides is 1. The number of carbonyl (C=O) groups excluding carboxylic acids is 4. The van der Waals surface area contributed by atoms with Gasteiger partial charge in [0.05, 0.1) is 50.0 Å². The summed E-state index contributed by atoms with van der Waals surface area (Å²) in [6.07, 6.45) is -12.5. The molecule has 0 aromatic heterocycles. The van der Waals surface area contributed by atoms with E-state index in [1.54, 1.807) is 65.2 Å². The topological polar surface area (TPSA) is 203 Å². The molecule has 436 valence electrons. The van der Waals surface area contributed by atoms with Gasteiger partial charge in [0.2, 0.25) is 0 Å². The van der Waals surface area contributed by atoms with Gasteiger partial charge in [-0.25, -0.2) is 19.2 Å². The molecule has 1 N–H and O–H groups in total. The first kappa shape index (κ1) is 62.2. The van der Waals surface area contributed by atoms with Crippen LogP contribution in [0.5, 0.6) is 0 Å². The van der Waals surface area contributed by atoms with Gasteiger partial charge < -0.3 is 65.0 Å². The van der Waals surface area contributed by atoms with E-state index in [9.17, 15) is 24.3 Å². The lowest BCUT2D eigenvalue weighted by Gasteiger charge is -2.63. The van der Waals surface area contributed by atoms with Crippen LogP contribution in [0.4, 0.5) is 4.79 Å². The monoisotopic (exact) mass is 1160 g/mol. The van der Waals surface area contributed by atoms with E-state index >= 15 is 0 Å². The molecule has 5 fully saturated rings. The van der Waals surface area contributed by atoms with Crippen LogP contribution in [0.15, 0.2) is 60.7 Å². The van der Waals surface area contributed by atoms with Crippen molar-refractivity contribution in [2.45, 2.75) is 228 Å². The minimum Gasteiger partial charge on any atom is -0.465 e. The lowest BCUT2D eigenvalue weighted by Crippen LogP contribution is -2.81. The lowest BCUT2D eigenvalue weighted by atomic mass is 9.89. The number of carbonyl (C=O) groups is 4. The van der Waals surface area contributed by atoms with Crippen LogP contribution in [-0.2, 0) is 60.1 Å². The highest BCUT2D eigenvalue weighted by Gasteiger charge is 2.76. The predicted molar refractivity (Wildman–Crippen MR) is 300 cm³/mol. The van der Waals surface area contributed by atoms with Gasteiger partial charge >= 0.3 is 49.6 Å². The molecule has 0 bridgehead atoms. The van der Waals surface area contributed by atoms with E-state index < -0.39 is 141 Å². The first-order valence-electron chi connectivity index (χ1n) is 27.9. The molecule has 5 heterocycles. The summed E-state index contributed by atoms with van der Waals surface area (Å²) < 4.78 is 83.2. The fourth-order valence-electron chi connectivity index (χ4n) is 12.5. The number of ether oxygens (including phenoxy) is 8. The number of aliphatic hydroxyl groups is 1. The average molecular weight is 1160 g/mol. The Morgan fingerprint density at radius 3 is 1.77 bits per heavy atom. The van der Waals surface area contributed by atoms with E-state index in [2.05, 4.69) is 117 Å². The molecule has 18 nitrogen and oxygen atoms in total. The van der Waals surface area contributed by atoms with Crippen LogP contribution in [-0.4, -0.2) is 161 Å². The molecule has 0 aliphatic carbocycles. The van der Waals surface area contributed by atoms with Crippen molar-refractivity contribution in [3.05, 3.63) is 71.8 Å². The fraction of sp³-hybridized carbons (Fsp3) is 0.714. The van der Waals surface area contributed by atoms with E-state index in [4.69, 9.17) is 55.3 Å². The summed E-state index contributed by atoms with van der Waals surface area (Å²) in [6.45, 7) is 35.9. The Balaban J connectivity index is 1.32. The lowest BCUT2D eigenvalue weighted by molar-refractivity contribution is -0.338. The Morgan fingerprint density at radius 2 is 1.28 bits per heavy atom. The van der Waals surface area contributed by atoms with E-state index in [1.165, 1.54) is 7.11 Å². The predicted octanol–water partition coefficient (Wildman–Crippen LogP) is 10.1. The molecule has 22 heteroatoms. The molecule has 78 heavy (non-hydrogen) atoms. The summed E-state index contributed by atoms with van der Waals surface area (Å²) in [5, 5.41) is 11.3. The summed E-state index contributed by atoms with van der Waals surface area (Å²) >= 11 is 0. The SMILES string of the molecule is COC(=O)[C@@]1(OC[C@H]2O[C@@H](OCC[Si](C)(C)C)[C@H](OC(=O)c3ccccc3)[C@@H](OC(=O)c3ccccc3)[C@H]2O)C[C@@H]2OC(=O)N3[C@H]2[C@@H](O1)[C@@H]([C@H]1CO[Si](C(C)C)(C(C)C)O[Si](C(C)C)(C(C)C)O1)O[Si]3(C(C)(C)C)C(C)(C)C. The Hall–Kier alpha value is -3.37. The maximum atomic E-state index is 14.9. The molecule has 0 unspecified atom stereocenters. The third-order valence-corrected chi connectivity index (χ3v) is 34.0. The standard InChI is InChI=1S/C56H89NO17Si4/c1-34(2)76(35(3)4)66-33-42(72-77(74-76,36(5)6)37(7)8)45-46-43-40(68-53(62)57(43)78(73-45,54(9,10)11)55(12,13)14)31-56(71-46,52(61)63-15)65-32-41-44(58)47(69-49(59)38-25-21-19-22-26-38)48(51(67-41)64-29-30-75(16,17)18)70-50(60)39-27-23-20-24-28-39/h19-28,34-37,40-48,51,58H,29-33H2,1-18H3/t40-,41+,42+,43+,44-,45+,46+,47-,48+,51+,56+/m0/s1. The number of nitrogens with zero attached hydrogens (tertiary/aromatic N) is 1. The Bertz CT molecular complexity index is 2380. The second-order valence-corrected chi connectivity index (χ2v) is 45.6. The minimum atomic E-state index is -3.61. The van der Waals surface area contributed by atoms with Gasteiger partial charge in [-0.05, 0) is 52.5 Å². The molecule has 5 aliphatic rings. The number of esters is 3. The number of hydrogen-bond donors (Lipinski definition) is 1. The Labute approximate surface area is 466 Å². The van der Waals surface area contributed by atoms with Gasteiger partial charge in [0.25, 0.3) is 5.79 Å². The molecule has 0 saturated carbocycles. The summed E-state index contributed by atoms with van der Waals surface area (Å²) in [5.74, 6) is -4.86. The highest BCUT2D eigenvalue weighted by molar-refractivity contribution is 6.84. The van der Waals surface area contributed by atoms with Crippen LogP contribution in [0.2, 0.25) is 57.9 Å². The van der Waals surface area contributed by atoms with Gasteiger partial charge in [-0.15, -0.1) is 0 Å². The Morgan fingerprint density at radius 1 is 0.756 bits per heavy atom. The molecule has 0 radical (unpaired) electrons. The molecule has 11 atom stereocenters. The average Bonchev–Trinajstić information content (AvgIpc) is 3.27. The van der Waals surface area contributed by atoms with Crippen LogP contribution in [0.25, 0.3) is 0 Å². The van der Waals surface area contributed by atoms with Crippen molar-refractivity contribution in [3.63, 3.8) is 0 Å². The maximum absolute atomic E-state index is 14.9. The summed E-state index contributed by atoms with van der Waals surface area (Å²) in [7, 11) is -10.5. The van der Waals surface area contributed by atoms with E-state index in [0.717, 1.165) is 0 Å². The zero-order valence-electron chi connectivity index (χ0n) is 49.3. The fourth-order valence-corrected chi connectivity index (χ4v) is 30.7. The van der Waals surface area contributed by atoms with Crippen molar-refractivity contribution in [1.82, 2.24) is 4.57 Å². The van der Waals surface area contributed by atoms with Crippen LogP contribution in [0, 0.1) is 0 Å². The largest absolute Gasteiger partial charge is 0.465 e. The second-order valence-electron chi connectivity index (χ2n) is 26.2. The van der Waals surface area contributed by atoms with Gasteiger partial charge in [0.1, 0.15) is 30.5 Å². The van der Waals surface area contributed by atoms with E-state index in [-0.39, 0.29) is 52.9 Å². The van der Waals surface area contributed by atoms with E-state index in [0.29, 0.717) is 6.04 Å². The summed E-state index contributed by atoms with van der Waals surface area (Å²) in [6, 6.07) is 16.4. The molecular formula is C56H89NO17Si4. The number of rotatable bonds is 17. The second kappa shape index (κ2) is 23.5. The molecule has 5 aliphatic heterocycles. The molecule has 5 saturated heterocycles. The van der Waals surface area contributed by atoms with Gasteiger partial charge in [0, 0.05) is 24.8 Å². The summed E-state index contributed by atoms with van der Waals surface area (Å²) in [4.78, 5) is 57.5. The zero-order valence-corrected chi connectivity index (χ0v) is 53.3. The minimum absolute atomic E-state index is 0.0326. The molecule has 7 rings (SSSR count). The van der Waals surface area contributed by atoms with Crippen LogP contribution in [0.1, 0.15) is 124 Å². The number of methoxy groups -OCH3 is 1. The quantitative estimate of drug-likeness (QED) is 0.0889. The van der Waals surface area contributed by atoms with Crippen molar-refractivity contribution in [2.24, 2.45) is 0 Å². The molecule has 2 aromatic carbocycles. The highest BCUT2D eigenvalue weighted by Crippen LogP contribution is 2.61. The number of benzene rings is 2. The maximum Gasteiger partial charge on any atom is 0.404 e. The van der Waals surface area contributed by atoms with Crippen molar-refractivity contribution in [3.8, 4) is 0 Å². The zero-order chi connectivity index (χ0) is 57.7. The smallest absolute Gasteiger partial charge is 0.404 e. The van der Waals surface area contributed by atoms with Crippen molar-refractivity contribution < 1.29 is 79.6 Å². The molecular weight excluding hydrogens is 1070 g/mol. The van der Waals surface area contributed by atoms with Gasteiger partial charge in [-0.1, -0.05) is 153 Å². The third kappa shape index (κ3) is 11.8. The normalized spacial score (nSPS) is 30.9. The van der Waals surface area contributed by atoms with Crippen LogP contribution >= 0.6 is 0 Å². The number of aliphatic hydroxyl groups excluding tert-OH is 1. The third-order valence-electron chi connectivity index (χ3n) is 16.2. The first-order valence-corrected chi connectivity index (χ1v) is 37.4. The van der Waals surface area contributed by atoms with Crippen LogP contribution in [0.3, 0.4) is 0 Å². The summed E-state index contributed by atoms with van der Waals surface area (Å²) in [5.41, 5.74) is 0.421. The van der Waals surface area contributed by atoms with Gasteiger partial charge in [0.15, 0.2) is 18.5 Å². The van der Waals surface area contributed by atoms with Crippen LogP contribution < -0.4 is 0 Å². The van der Waals surface area contributed by atoms with Gasteiger partial charge in [-0.3, -0.25) is 0 Å². The molecule has 2 aromatic rings. The molecule has 0 spiro atoms. The first-order chi connectivity index (χ1) is 36.3.